The highest BCUT2D eigenvalue weighted by Crippen LogP contribution is 2.60. The standard InChI is InChI=1S/C18H15ClN2/c19-14-8-4-7-13-17(14)18(13)16-10-12(20)9-15(21-16)11-5-2-1-3-6-11/h1-10,13,17-18H,(H2,20,21). The minimum Gasteiger partial charge on any atom is -0.399 e. The molecule has 1 saturated carbocycles. The van der Waals surface area contributed by atoms with E-state index in [2.05, 4.69) is 18.2 Å². The third-order valence-corrected chi connectivity index (χ3v) is 4.64. The van der Waals surface area contributed by atoms with Gasteiger partial charge in [0.1, 0.15) is 0 Å². The van der Waals surface area contributed by atoms with Crippen molar-refractivity contribution in [3.8, 4) is 11.3 Å². The number of hydrogen-bond donors (Lipinski definition) is 1. The molecule has 3 heteroatoms. The first-order valence-electron chi connectivity index (χ1n) is 7.11. The zero-order chi connectivity index (χ0) is 14.4. The number of pyridine rings is 1. The Hall–Kier alpha value is -2.06. The van der Waals surface area contributed by atoms with Crippen LogP contribution in [-0.2, 0) is 0 Å². The van der Waals surface area contributed by atoms with Gasteiger partial charge in [0, 0.05) is 33.8 Å². The second-order valence-electron chi connectivity index (χ2n) is 5.64. The van der Waals surface area contributed by atoms with Gasteiger partial charge in [-0.3, -0.25) is 4.98 Å². The monoisotopic (exact) mass is 294 g/mol. The van der Waals surface area contributed by atoms with E-state index < -0.39 is 0 Å². The smallest absolute Gasteiger partial charge is 0.0725 e. The zero-order valence-corrected chi connectivity index (χ0v) is 12.2. The fourth-order valence-electron chi connectivity index (χ4n) is 3.20. The van der Waals surface area contributed by atoms with Crippen molar-refractivity contribution >= 4 is 17.3 Å². The molecule has 4 rings (SSSR count). The van der Waals surface area contributed by atoms with Gasteiger partial charge in [0.2, 0.25) is 0 Å². The summed E-state index contributed by atoms with van der Waals surface area (Å²) in [5, 5.41) is 0.929. The molecule has 2 aromatic rings. The summed E-state index contributed by atoms with van der Waals surface area (Å²) < 4.78 is 0. The molecule has 3 atom stereocenters. The Balaban J connectivity index is 1.74. The van der Waals surface area contributed by atoms with Crippen molar-refractivity contribution in [2.75, 3.05) is 5.73 Å². The molecule has 21 heavy (non-hydrogen) atoms. The minimum absolute atomic E-state index is 0.360. The van der Waals surface area contributed by atoms with Crippen molar-refractivity contribution < 1.29 is 0 Å². The third-order valence-electron chi connectivity index (χ3n) is 4.26. The second kappa shape index (κ2) is 4.74. The molecule has 0 spiro atoms. The number of nitrogens with two attached hydrogens (primary N) is 1. The van der Waals surface area contributed by atoms with Crippen LogP contribution in [0.4, 0.5) is 5.69 Å². The molecule has 1 aromatic heterocycles. The highest BCUT2D eigenvalue weighted by atomic mass is 35.5. The number of nitrogen functional groups attached to an aromatic ring is 1. The lowest BCUT2D eigenvalue weighted by Crippen LogP contribution is -1.96. The molecular weight excluding hydrogens is 280 g/mol. The average Bonchev–Trinajstić information content (AvgIpc) is 3.23. The predicted octanol–water partition coefficient (Wildman–Crippen LogP) is 4.35. The van der Waals surface area contributed by atoms with Gasteiger partial charge in [-0.05, 0) is 24.1 Å². The fraction of sp³-hybridized carbons (Fsp3) is 0.167. The quantitative estimate of drug-likeness (QED) is 0.894. The van der Waals surface area contributed by atoms with E-state index in [1.807, 2.05) is 42.5 Å². The molecule has 1 aromatic carbocycles. The molecule has 0 bridgehead atoms. The second-order valence-corrected chi connectivity index (χ2v) is 6.08. The highest BCUT2D eigenvalue weighted by Gasteiger charge is 2.52. The fourth-order valence-corrected chi connectivity index (χ4v) is 3.55. The van der Waals surface area contributed by atoms with Crippen LogP contribution in [0.25, 0.3) is 11.3 Å². The molecule has 2 aliphatic carbocycles. The van der Waals surface area contributed by atoms with Crippen molar-refractivity contribution in [3.63, 3.8) is 0 Å². The van der Waals surface area contributed by atoms with Gasteiger partial charge in [0.25, 0.3) is 0 Å². The number of halogens is 1. The van der Waals surface area contributed by atoms with Gasteiger partial charge in [-0.25, -0.2) is 0 Å². The summed E-state index contributed by atoms with van der Waals surface area (Å²) in [5.74, 6) is 1.22. The van der Waals surface area contributed by atoms with Gasteiger partial charge in [0.05, 0.1) is 5.69 Å². The van der Waals surface area contributed by atoms with Crippen LogP contribution in [0.3, 0.4) is 0 Å². The molecule has 3 unspecified atom stereocenters. The Kier molecular flexibility index (Phi) is 2.86. The van der Waals surface area contributed by atoms with Crippen molar-refractivity contribution in [1.82, 2.24) is 4.98 Å². The van der Waals surface area contributed by atoms with E-state index in [-0.39, 0.29) is 0 Å². The first-order valence-corrected chi connectivity index (χ1v) is 7.48. The lowest BCUT2D eigenvalue weighted by Gasteiger charge is -2.07. The van der Waals surface area contributed by atoms with Gasteiger partial charge >= 0.3 is 0 Å². The van der Waals surface area contributed by atoms with E-state index in [0.29, 0.717) is 17.8 Å². The maximum atomic E-state index is 6.30. The van der Waals surface area contributed by atoms with Crippen molar-refractivity contribution in [2.24, 2.45) is 11.8 Å². The molecule has 104 valence electrons. The van der Waals surface area contributed by atoms with Crippen molar-refractivity contribution in [3.05, 3.63) is 71.4 Å². The Bertz CT molecular complexity index is 749. The molecule has 2 aliphatic rings. The summed E-state index contributed by atoms with van der Waals surface area (Å²) in [5.41, 5.74) is 9.90. The summed E-state index contributed by atoms with van der Waals surface area (Å²) in [6.07, 6.45) is 6.23. The molecule has 0 radical (unpaired) electrons. The molecule has 2 N–H and O–H groups in total. The first-order chi connectivity index (χ1) is 10.2. The lowest BCUT2D eigenvalue weighted by molar-refractivity contribution is 0.946. The van der Waals surface area contributed by atoms with E-state index in [4.69, 9.17) is 22.3 Å². The number of anilines is 1. The molecule has 1 fully saturated rings. The number of fused-ring (bicyclic) bond motifs is 1. The summed E-state index contributed by atoms with van der Waals surface area (Å²) in [6, 6.07) is 14.0. The molecule has 2 nitrogen and oxygen atoms in total. The number of benzene rings is 1. The first kappa shape index (κ1) is 12.7. The van der Waals surface area contributed by atoms with E-state index in [1.54, 1.807) is 0 Å². The van der Waals surface area contributed by atoms with Crippen LogP contribution in [0.2, 0.25) is 0 Å². The predicted molar refractivity (Wildman–Crippen MR) is 86.9 cm³/mol. The molecule has 0 saturated heterocycles. The molecule has 0 aliphatic heterocycles. The van der Waals surface area contributed by atoms with Crippen LogP contribution < -0.4 is 5.73 Å². The van der Waals surface area contributed by atoms with Crippen LogP contribution in [0.5, 0.6) is 0 Å². The Morgan fingerprint density at radius 2 is 1.86 bits per heavy atom. The van der Waals surface area contributed by atoms with Crippen LogP contribution in [0, 0.1) is 11.8 Å². The van der Waals surface area contributed by atoms with Gasteiger partial charge in [-0.1, -0.05) is 54.1 Å². The van der Waals surface area contributed by atoms with Crippen molar-refractivity contribution in [1.29, 1.82) is 0 Å². The van der Waals surface area contributed by atoms with Gasteiger partial charge in [0.15, 0.2) is 0 Å². The molecular formula is C18H15ClN2. The lowest BCUT2D eigenvalue weighted by atomic mass is 10.1. The molecule has 0 amide bonds. The van der Waals surface area contributed by atoms with Gasteiger partial charge in [-0.2, -0.15) is 0 Å². The average molecular weight is 295 g/mol. The summed E-state index contributed by atoms with van der Waals surface area (Å²) >= 11 is 6.30. The van der Waals surface area contributed by atoms with Crippen LogP contribution in [0.1, 0.15) is 11.6 Å². The third kappa shape index (κ3) is 2.16. The normalized spacial score (nSPS) is 26.1. The number of allylic oxidation sites excluding steroid dienone is 4. The van der Waals surface area contributed by atoms with E-state index in [1.165, 1.54) is 0 Å². The van der Waals surface area contributed by atoms with Crippen molar-refractivity contribution in [2.45, 2.75) is 5.92 Å². The summed E-state index contributed by atoms with van der Waals surface area (Å²) in [4.78, 5) is 4.82. The number of nitrogens with zero attached hydrogens (tertiary/aromatic N) is 1. The van der Waals surface area contributed by atoms with Crippen LogP contribution in [0.15, 0.2) is 65.7 Å². The topological polar surface area (TPSA) is 38.9 Å². The highest BCUT2D eigenvalue weighted by molar-refractivity contribution is 6.30. The number of aromatic nitrogens is 1. The van der Waals surface area contributed by atoms with Gasteiger partial charge in [-0.15, -0.1) is 0 Å². The zero-order valence-electron chi connectivity index (χ0n) is 11.4. The molecule has 1 heterocycles. The Morgan fingerprint density at radius 3 is 2.62 bits per heavy atom. The van der Waals surface area contributed by atoms with E-state index >= 15 is 0 Å². The van der Waals surface area contributed by atoms with E-state index in [0.717, 1.165) is 27.7 Å². The largest absolute Gasteiger partial charge is 0.399 e. The minimum atomic E-state index is 0.360. The van der Waals surface area contributed by atoms with Crippen LogP contribution >= 0.6 is 11.6 Å². The number of hydrogen-bond acceptors (Lipinski definition) is 2. The maximum Gasteiger partial charge on any atom is 0.0725 e. The van der Waals surface area contributed by atoms with E-state index in [9.17, 15) is 0 Å². The summed E-state index contributed by atoms with van der Waals surface area (Å²) in [7, 11) is 0. The van der Waals surface area contributed by atoms with Crippen LogP contribution in [-0.4, -0.2) is 4.98 Å². The SMILES string of the molecule is Nc1cc(-c2ccccc2)nc(C2C3C=CC=C(Cl)C32)c1. The number of rotatable bonds is 2. The Morgan fingerprint density at radius 1 is 1.05 bits per heavy atom. The summed E-state index contributed by atoms with van der Waals surface area (Å²) in [6.45, 7) is 0. The van der Waals surface area contributed by atoms with Gasteiger partial charge < -0.3 is 5.73 Å². The maximum absolute atomic E-state index is 6.30. The Labute approximate surface area is 129 Å².